The fraction of sp³-hybridized carbons (Fsp3) is 0. The number of pyridine rings is 1. The Morgan fingerprint density at radius 2 is 2.42 bits per heavy atom. The second-order valence-corrected chi connectivity index (χ2v) is 2.08. The van der Waals surface area contributed by atoms with Gasteiger partial charge in [0.25, 0.3) is 0 Å². The maximum absolute atomic E-state index is 10.4. The lowest BCUT2D eigenvalue weighted by atomic mass is 10.2. The molecule has 0 aliphatic carbocycles. The Morgan fingerprint density at radius 3 is 2.92 bits per heavy atom. The molecule has 12 heavy (non-hydrogen) atoms. The zero-order valence-electron chi connectivity index (χ0n) is 5.98. The highest BCUT2D eigenvalue weighted by atomic mass is 16.4. The number of carboxylic acids is 1. The highest BCUT2D eigenvalue weighted by molar-refractivity contribution is 5.88. The zero-order chi connectivity index (χ0) is 9.14. The Morgan fingerprint density at radius 1 is 1.75 bits per heavy atom. The van der Waals surface area contributed by atoms with Crippen molar-refractivity contribution in [2.24, 2.45) is 0 Å². The number of carbonyl (C=O) groups is 1. The fourth-order valence-corrected chi connectivity index (χ4v) is 0.737. The molecule has 0 amide bonds. The van der Waals surface area contributed by atoms with Crippen molar-refractivity contribution in [2.45, 2.75) is 0 Å². The highest BCUT2D eigenvalue weighted by Gasteiger charge is 2.10. The second-order valence-electron chi connectivity index (χ2n) is 2.08. The summed E-state index contributed by atoms with van der Waals surface area (Å²) in [6.45, 7) is 0. The van der Waals surface area contributed by atoms with Crippen molar-refractivity contribution in [1.82, 2.24) is 4.98 Å². The molecule has 3 N–H and O–H groups in total. The van der Waals surface area contributed by atoms with Crippen molar-refractivity contribution in [2.75, 3.05) is 5.73 Å². The number of anilines is 1. The number of rotatable bonds is 1. The molecule has 0 atom stereocenters. The molecule has 0 bridgehead atoms. The van der Waals surface area contributed by atoms with Crippen LogP contribution in [-0.2, 0) is 0 Å². The molecular weight excluding hydrogens is 158 g/mol. The van der Waals surface area contributed by atoms with Gasteiger partial charge in [-0.05, 0) is 6.07 Å². The Kier molecular flexibility index (Phi) is 1.92. The average molecular weight is 163 g/mol. The minimum absolute atomic E-state index is 0.0255. The molecule has 60 valence electrons. The van der Waals surface area contributed by atoms with Crippen LogP contribution in [0.3, 0.4) is 0 Å². The molecule has 0 aliphatic heterocycles. The molecule has 1 rings (SSSR count). The van der Waals surface area contributed by atoms with E-state index in [4.69, 9.17) is 16.1 Å². The molecule has 5 nitrogen and oxygen atoms in total. The number of hydrogen-bond acceptors (Lipinski definition) is 4. The van der Waals surface area contributed by atoms with Crippen LogP contribution in [0.1, 0.15) is 16.1 Å². The van der Waals surface area contributed by atoms with Crippen LogP contribution in [0.25, 0.3) is 0 Å². The van der Waals surface area contributed by atoms with Crippen molar-refractivity contribution >= 4 is 11.7 Å². The maximum atomic E-state index is 10.4. The lowest BCUT2D eigenvalue weighted by Gasteiger charge is -1.96. The summed E-state index contributed by atoms with van der Waals surface area (Å²) in [6.07, 6.45) is 1.20. The highest BCUT2D eigenvalue weighted by Crippen LogP contribution is 2.08. The van der Waals surface area contributed by atoms with Crippen LogP contribution >= 0.6 is 0 Å². The molecule has 0 unspecified atom stereocenters. The Hall–Kier alpha value is -2.09. The summed E-state index contributed by atoms with van der Waals surface area (Å²) in [7, 11) is 0. The molecular formula is C7H5N3O2. The summed E-state index contributed by atoms with van der Waals surface area (Å²) < 4.78 is 0. The van der Waals surface area contributed by atoms with Gasteiger partial charge in [-0.3, -0.25) is 0 Å². The van der Waals surface area contributed by atoms with E-state index in [2.05, 4.69) is 4.98 Å². The normalized spacial score (nSPS) is 8.92. The van der Waals surface area contributed by atoms with Crippen molar-refractivity contribution in [3.05, 3.63) is 23.5 Å². The van der Waals surface area contributed by atoms with Gasteiger partial charge in [-0.1, -0.05) is 0 Å². The summed E-state index contributed by atoms with van der Waals surface area (Å²) in [4.78, 5) is 13.9. The number of nitrogen functional groups attached to an aromatic ring is 1. The predicted molar refractivity (Wildman–Crippen MR) is 40.3 cm³/mol. The molecule has 0 fully saturated rings. The van der Waals surface area contributed by atoms with E-state index in [0.717, 1.165) is 0 Å². The predicted octanol–water partition coefficient (Wildman–Crippen LogP) is 0.234. The van der Waals surface area contributed by atoms with E-state index in [1.165, 1.54) is 12.3 Å². The monoisotopic (exact) mass is 163 g/mol. The van der Waals surface area contributed by atoms with Crippen LogP contribution in [0.15, 0.2) is 12.3 Å². The van der Waals surface area contributed by atoms with Crippen molar-refractivity contribution in [1.29, 1.82) is 5.26 Å². The number of carboxylic acid groups (broad SMARTS) is 1. The Bertz CT molecular complexity index is 367. The van der Waals surface area contributed by atoms with Gasteiger partial charge in [0.15, 0.2) is 5.69 Å². The number of nitrogens with two attached hydrogens (primary N) is 1. The number of nitrogens with zero attached hydrogens (tertiary/aromatic N) is 2. The quantitative estimate of drug-likeness (QED) is 0.617. The molecule has 0 radical (unpaired) electrons. The van der Waals surface area contributed by atoms with Crippen LogP contribution in [0.5, 0.6) is 0 Å². The van der Waals surface area contributed by atoms with E-state index in [0.29, 0.717) is 0 Å². The lowest BCUT2D eigenvalue weighted by Crippen LogP contribution is -2.04. The van der Waals surface area contributed by atoms with E-state index in [9.17, 15) is 4.79 Å². The van der Waals surface area contributed by atoms with Gasteiger partial charge in [-0.25, -0.2) is 9.78 Å². The topological polar surface area (TPSA) is 100 Å². The molecule has 1 aromatic heterocycles. The van der Waals surface area contributed by atoms with E-state index < -0.39 is 5.97 Å². The third-order valence-electron chi connectivity index (χ3n) is 1.23. The average Bonchev–Trinajstić information content (AvgIpc) is 2.03. The molecule has 0 spiro atoms. The number of aromatic nitrogens is 1. The van der Waals surface area contributed by atoms with Gasteiger partial charge in [0.1, 0.15) is 6.07 Å². The first kappa shape index (κ1) is 8.01. The fourth-order valence-electron chi connectivity index (χ4n) is 0.737. The molecule has 0 saturated heterocycles. The summed E-state index contributed by atoms with van der Waals surface area (Å²) in [5.41, 5.74) is 5.27. The summed E-state index contributed by atoms with van der Waals surface area (Å²) in [5, 5.41) is 17.0. The van der Waals surface area contributed by atoms with Gasteiger partial charge in [0.05, 0.1) is 17.4 Å². The summed E-state index contributed by atoms with van der Waals surface area (Å²) in [6, 6.07) is 2.97. The van der Waals surface area contributed by atoms with Crippen molar-refractivity contribution < 1.29 is 9.90 Å². The van der Waals surface area contributed by atoms with E-state index >= 15 is 0 Å². The first-order valence-corrected chi connectivity index (χ1v) is 3.04. The second kappa shape index (κ2) is 2.88. The van der Waals surface area contributed by atoms with Crippen molar-refractivity contribution in [3.63, 3.8) is 0 Å². The molecule has 0 aliphatic rings. The first-order valence-electron chi connectivity index (χ1n) is 3.04. The molecule has 0 saturated carbocycles. The van der Waals surface area contributed by atoms with Gasteiger partial charge in [0.2, 0.25) is 0 Å². The van der Waals surface area contributed by atoms with E-state index in [1.807, 2.05) is 0 Å². The number of aromatic carboxylic acids is 1. The maximum Gasteiger partial charge on any atom is 0.355 e. The standard InChI is InChI=1S/C7H5N3O2/c8-2-4-1-5(9)3-10-6(4)7(11)12/h1,3H,9H2,(H,11,12). The van der Waals surface area contributed by atoms with Gasteiger partial charge in [-0.2, -0.15) is 5.26 Å². The van der Waals surface area contributed by atoms with Crippen LogP contribution in [0.4, 0.5) is 5.69 Å². The van der Waals surface area contributed by atoms with Gasteiger partial charge in [-0.15, -0.1) is 0 Å². The third kappa shape index (κ3) is 1.32. The molecule has 1 heterocycles. The number of nitriles is 1. The zero-order valence-corrected chi connectivity index (χ0v) is 5.98. The van der Waals surface area contributed by atoms with Gasteiger partial charge >= 0.3 is 5.97 Å². The smallest absolute Gasteiger partial charge is 0.355 e. The molecule has 1 aromatic rings. The first-order chi connectivity index (χ1) is 5.65. The van der Waals surface area contributed by atoms with Gasteiger partial charge < -0.3 is 10.8 Å². The van der Waals surface area contributed by atoms with Crippen LogP contribution in [-0.4, -0.2) is 16.1 Å². The van der Waals surface area contributed by atoms with E-state index in [1.54, 1.807) is 6.07 Å². The largest absolute Gasteiger partial charge is 0.476 e. The van der Waals surface area contributed by atoms with Crippen LogP contribution in [0.2, 0.25) is 0 Å². The minimum Gasteiger partial charge on any atom is -0.476 e. The SMILES string of the molecule is N#Cc1cc(N)cnc1C(=O)O. The third-order valence-corrected chi connectivity index (χ3v) is 1.23. The molecule has 0 aromatic carbocycles. The van der Waals surface area contributed by atoms with E-state index in [-0.39, 0.29) is 16.9 Å². The minimum atomic E-state index is -1.23. The summed E-state index contributed by atoms with van der Waals surface area (Å²) in [5.74, 6) is -1.23. The molecule has 5 heteroatoms. The van der Waals surface area contributed by atoms with Crippen LogP contribution < -0.4 is 5.73 Å². The lowest BCUT2D eigenvalue weighted by molar-refractivity contribution is 0.0690. The van der Waals surface area contributed by atoms with Crippen LogP contribution in [0, 0.1) is 11.3 Å². The Labute approximate surface area is 68.1 Å². The Balaban J connectivity index is 3.32. The summed E-state index contributed by atoms with van der Waals surface area (Å²) >= 11 is 0. The van der Waals surface area contributed by atoms with Crippen molar-refractivity contribution in [3.8, 4) is 6.07 Å². The van der Waals surface area contributed by atoms with Gasteiger partial charge in [0, 0.05) is 0 Å². The number of hydrogen-bond donors (Lipinski definition) is 2.